The molecule has 0 fully saturated rings. The van der Waals surface area contributed by atoms with E-state index in [1.54, 1.807) is 19.1 Å². The molecule has 0 spiro atoms. The van der Waals surface area contributed by atoms with Crippen LogP contribution in [0.3, 0.4) is 0 Å². The number of hydrogen-bond donors (Lipinski definition) is 2. The van der Waals surface area contributed by atoms with Gasteiger partial charge in [-0.05, 0) is 31.0 Å². The summed E-state index contributed by atoms with van der Waals surface area (Å²) in [6.45, 7) is 3.88. The van der Waals surface area contributed by atoms with Gasteiger partial charge < -0.3 is 11.2 Å². The molecule has 0 unspecified atom stereocenters. The zero-order valence-corrected chi connectivity index (χ0v) is 17.2. The zero-order chi connectivity index (χ0) is 20.8. The van der Waals surface area contributed by atoms with Crippen LogP contribution in [0.4, 0.5) is 4.39 Å². The van der Waals surface area contributed by atoms with E-state index < -0.39 is 5.25 Å². The molecule has 0 aliphatic heterocycles. The topological polar surface area (TPSA) is 85.8 Å². The van der Waals surface area contributed by atoms with Gasteiger partial charge in [0.2, 0.25) is 11.1 Å². The van der Waals surface area contributed by atoms with Gasteiger partial charge in [-0.1, -0.05) is 67.6 Å². The molecule has 0 aliphatic rings. The molecule has 1 aromatic heterocycles. The van der Waals surface area contributed by atoms with E-state index in [4.69, 9.17) is 5.84 Å². The first-order valence-corrected chi connectivity index (χ1v) is 10.4. The van der Waals surface area contributed by atoms with Gasteiger partial charge in [-0.25, -0.2) is 9.07 Å². The number of nitrogens with two attached hydrogens (primary N) is 1. The molecule has 29 heavy (non-hydrogen) atoms. The fourth-order valence-electron chi connectivity index (χ4n) is 2.98. The second kappa shape index (κ2) is 9.56. The number of hydrogen-bond acceptors (Lipinski definition) is 5. The number of benzene rings is 2. The molecule has 0 aliphatic carbocycles. The molecular weight excluding hydrogens is 389 g/mol. The third kappa shape index (κ3) is 5.14. The number of carbonyl (C=O) groups excluding carboxylic acids is 1. The van der Waals surface area contributed by atoms with Crippen LogP contribution in [0.1, 0.15) is 38.3 Å². The third-order valence-corrected chi connectivity index (χ3v) is 5.55. The van der Waals surface area contributed by atoms with Crippen LogP contribution in [-0.2, 0) is 4.79 Å². The minimum atomic E-state index is -0.426. The largest absolute Gasteiger partial charge is 0.348 e. The second-order valence-corrected chi connectivity index (χ2v) is 8.02. The van der Waals surface area contributed by atoms with Gasteiger partial charge in [0, 0.05) is 5.56 Å². The van der Waals surface area contributed by atoms with Crippen molar-refractivity contribution >= 4 is 17.7 Å². The van der Waals surface area contributed by atoms with E-state index in [1.807, 2.05) is 30.3 Å². The maximum absolute atomic E-state index is 13.5. The van der Waals surface area contributed by atoms with Crippen LogP contribution < -0.4 is 11.2 Å². The molecule has 2 atom stereocenters. The van der Waals surface area contributed by atoms with Crippen molar-refractivity contribution in [2.75, 3.05) is 5.84 Å². The molecule has 1 heterocycles. The number of thioether (sulfide) groups is 1. The van der Waals surface area contributed by atoms with Crippen molar-refractivity contribution in [3.8, 4) is 11.4 Å². The molecular formula is C21H24FN5OS. The summed E-state index contributed by atoms with van der Waals surface area (Å²) in [4.78, 5) is 12.8. The van der Waals surface area contributed by atoms with Crippen LogP contribution >= 0.6 is 11.8 Å². The number of nitrogens with zero attached hydrogens (tertiary/aromatic N) is 3. The number of nitrogens with one attached hydrogen (secondary N) is 1. The Morgan fingerprint density at radius 2 is 1.97 bits per heavy atom. The summed E-state index contributed by atoms with van der Waals surface area (Å²) >= 11 is 1.21. The summed E-state index contributed by atoms with van der Waals surface area (Å²) in [5.74, 6) is 5.95. The highest BCUT2D eigenvalue weighted by Gasteiger charge is 2.22. The van der Waals surface area contributed by atoms with Crippen molar-refractivity contribution in [3.63, 3.8) is 0 Å². The standard InChI is InChI=1S/C21H24FN5OS/c1-3-8-18(15-9-5-4-6-10-15)24-20(28)14(2)29-21-26-25-19(27(21)23)16-11-7-12-17(22)13-16/h4-7,9-14,18H,3,8,23H2,1-2H3,(H,24,28)/t14-,18-/m1/s1. The highest BCUT2D eigenvalue weighted by Crippen LogP contribution is 2.26. The van der Waals surface area contributed by atoms with Crippen molar-refractivity contribution < 1.29 is 9.18 Å². The summed E-state index contributed by atoms with van der Waals surface area (Å²) in [6, 6.07) is 15.8. The molecule has 3 aromatic rings. The van der Waals surface area contributed by atoms with Crippen LogP contribution in [0.25, 0.3) is 11.4 Å². The Morgan fingerprint density at radius 3 is 2.66 bits per heavy atom. The monoisotopic (exact) mass is 413 g/mol. The second-order valence-electron chi connectivity index (χ2n) is 6.71. The zero-order valence-electron chi connectivity index (χ0n) is 16.4. The Labute approximate surface area is 173 Å². The molecule has 0 radical (unpaired) electrons. The van der Waals surface area contributed by atoms with Crippen molar-refractivity contribution in [2.24, 2.45) is 0 Å². The Bertz CT molecular complexity index is 963. The normalized spacial score (nSPS) is 13.1. The van der Waals surface area contributed by atoms with Gasteiger partial charge in [0.1, 0.15) is 5.82 Å². The first kappa shape index (κ1) is 20.9. The van der Waals surface area contributed by atoms with E-state index in [-0.39, 0.29) is 17.8 Å². The Kier molecular flexibility index (Phi) is 6.87. The molecule has 0 saturated heterocycles. The number of aromatic nitrogens is 3. The Hall–Kier alpha value is -2.87. The Balaban J connectivity index is 1.69. The van der Waals surface area contributed by atoms with Crippen LogP contribution in [0.15, 0.2) is 59.8 Å². The highest BCUT2D eigenvalue weighted by atomic mass is 32.2. The highest BCUT2D eigenvalue weighted by molar-refractivity contribution is 8.00. The van der Waals surface area contributed by atoms with Gasteiger partial charge >= 0.3 is 0 Å². The van der Waals surface area contributed by atoms with Crippen LogP contribution in [0.5, 0.6) is 0 Å². The maximum atomic E-state index is 13.5. The lowest BCUT2D eigenvalue weighted by molar-refractivity contribution is -0.121. The number of halogens is 1. The van der Waals surface area contributed by atoms with Gasteiger partial charge in [0.25, 0.3) is 0 Å². The predicted octanol–water partition coefficient (Wildman–Crippen LogP) is 3.94. The van der Waals surface area contributed by atoms with Gasteiger partial charge in [0.15, 0.2) is 5.82 Å². The molecule has 3 rings (SSSR count). The maximum Gasteiger partial charge on any atom is 0.233 e. The average Bonchev–Trinajstić information content (AvgIpc) is 3.08. The van der Waals surface area contributed by atoms with E-state index in [0.29, 0.717) is 16.5 Å². The molecule has 8 heteroatoms. The molecule has 6 nitrogen and oxygen atoms in total. The fraction of sp³-hybridized carbons (Fsp3) is 0.286. The minimum absolute atomic E-state index is 0.0460. The number of rotatable bonds is 8. The van der Waals surface area contributed by atoms with Crippen LogP contribution in [0.2, 0.25) is 0 Å². The van der Waals surface area contributed by atoms with Gasteiger partial charge in [-0.2, -0.15) is 0 Å². The lowest BCUT2D eigenvalue weighted by atomic mass is 10.0. The first-order chi connectivity index (χ1) is 14.0. The molecule has 0 bridgehead atoms. The van der Waals surface area contributed by atoms with Crippen molar-refractivity contribution in [2.45, 2.75) is 43.1 Å². The van der Waals surface area contributed by atoms with E-state index in [1.165, 1.54) is 28.6 Å². The average molecular weight is 414 g/mol. The minimum Gasteiger partial charge on any atom is -0.348 e. The van der Waals surface area contributed by atoms with Gasteiger partial charge in [-0.3, -0.25) is 4.79 Å². The molecule has 1 amide bonds. The molecule has 0 saturated carbocycles. The number of amides is 1. The van der Waals surface area contributed by atoms with Crippen molar-refractivity contribution in [1.82, 2.24) is 20.2 Å². The smallest absolute Gasteiger partial charge is 0.233 e. The summed E-state index contributed by atoms with van der Waals surface area (Å²) in [7, 11) is 0. The number of carbonyl (C=O) groups is 1. The third-order valence-electron chi connectivity index (χ3n) is 4.49. The Morgan fingerprint density at radius 1 is 1.21 bits per heavy atom. The number of nitrogen functional groups attached to an aromatic ring is 1. The summed E-state index contributed by atoms with van der Waals surface area (Å²) in [6.07, 6.45) is 1.80. The quantitative estimate of drug-likeness (QED) is 0.432. The molecule has 2 aromatic carbocycles. The van der Waals surface area contributed by atoms with Crippen molar-refractivity contribution in [3.05, 3.63) is 66.0 Å². The predicted molar refractivity (Wildman–Crippen MR) is 113 cm³/mol. The van der Waals surface area contributed by atoms with E-state index in [0.717, 1.165) is 18.4 Å². The molecule has 152 valence electrons. The SMILES string of the molecule is CCC[C@@H](NC(=O)[C@@H](C)Sc1nnc(-c2cccc(F)c2)n1N)c1ccccc1. The lowest BCUT2D eigenvalue weighted by Crippen LogP contribution is -2.34. The fourth-order valence-corrected chi connectivity index (χ4v) is 3.76. The van der Waals surface area contributed by atoms with Crippen molar-refractivity contribution in [1.29, 1.82) is 0 Å². The van der Waals surface area contributed by atoms with Gasteiger partial charge in [0.05, 0.1) is 11.3 Å². The summed E-state index contributed by atoms with van der Waals surface area (Å²) in [5.41, 5.74) is 1.60. The summed E-state index contributed by atoms with van der Waals surface area (Å²) < 4.78 is 14.8. The molecule has 3 N–H and O–H groups in total. The van der Waals surface area contributed by atoms with E-state index >= 15 is 0 Å². The summed E-state index contributed by atoms with van der Waals surface area (Å²) in [5, 5.41) is 11.2. The first-order valence-electron chi connectivity index (χ1n) is 9.48. The van der Waals surface area contributed by atoms with Crippen LogP contribution in [0, 0.1) is 5.82 Å². The van der Waals surface area contributed by atoms with Crippen LogP contribution in [-0.4, -0.2) is 26.0 Å². The van der Waals surface area contributed by atoms with E-state index in [9.17, 15) is 9.18 Å². The lowest BCUT2D eigenvalue weighted by Gasteiger charge is -2.20. The van der Waals surface area contributed by atoms with E-state index in [2.05, 4.69) is 22.4 Å². The van der Waals surface area contributed by atoms with Gasteiger partial charge in [-0.15, -0.1) is 10.2 Å².